The van der Waals surface area contributed by atoms with Crippen molar-refractivity contribution in [3.63, 3.8) is 0 Å². The first kappa shape index (κ1) is 17.3. The molecule has 0 radical (unpaired) electrons. The second-order valence-corrected chi connectivity index (χ2v) is 6.17. The fourth-order valence-electron chi connectivity index (χ4n) is 3.49. The first-order valence-corrected chi connectivity index (χ1v) is 7.87. The fraction of sp³-hybridized carbons (Fsp3) is 0.333. The van der Waals surface area contributed by atoms with Crippen LogP contribution in [0.1, 0.15) is 58.4 Å². The largest absolute Gasteiger partial charge is 0.508 e. The number of rotatable bonds is 3. The van der Waals surface area contributed by atoms with E-state index in [2.05, 4.69) is 4.98 Å². The Bertz CT molecular complexity index is 804. The average Bonchev–Trinajstić information content (AvgIpc) is 3.03. The number of aromatic carboxylic acids is 1. The SMILES string of the molecule is O=C(O)c1cccc(C2CCCC2c2cc(C(F)(F)F)ccc2O)n1. The van der Waals surface area contributed by atoms with Gasteiger partial charge in [-0.1, -0.05) is 12.5 Å². The average molecular weight is 351 g/mol. The molecule has 0 aliphatic heterocycles. The predicted octanol–water partition coefficient (Wildman–Crippen LogP) is 4.56. The van der Waals surface area contributed by atoms with Crippen molar-refractivity contribution in [1.29, 1.82) is 0 Å². The molecule has 2 atom stereocenters. The van der Waals surface area contributed by atoms with Gasteiger partial charge >= 0.3 is 12.1 Å². The number of benzene rings is 1. The Labute approximate surface area is 142 Å². The van der Waals surface area contributed by atoms with E-state index in [-0.39, 0.29) is 28.8 Å². The lowest BCUT2D eigenvalue weighted by Gasteiger charge is -2.22. The molecule has 2 N–H and O–H groups in total. The molecule has 25 heavy (non-hydrogen) atoms. The first-order valence-electron chi connectivity index (χ1n) is 7.87. The second kappa shape index (κ2) is 6.38. The minimum atomic E-state index is -4.49. The van der Waals surface area contributed by atoms with Gasteiger partial charge in [-0.25, -0.2) is 9.78 Å². The molecule has 0 saturated heterocycles. The number of aromatic hydroxyl groups is 1. The van der Waals surface area contributed by atoms with Crippen LogP contribution in [0.4, 0.5) is 13.2 Å². The third-order valence-corrected chi connectivity index (χ3v) is 4.64. The number of carboxylic acids is 1. The van der Waals surface area contributed by atoms with Crippen molar-refractivity contribution in [1.82, 2.24) is 4.98 Å². The van der Waals surface area contributed by atoms with Gasteiger partial charge in [-0.05, 0) is 54.7 Å². The zero-order valence-corrected chi connectivity index (χ0v) is 13.1. The molecule has 7 heteroatoms. The lowest BCUT2D eigenvalue weighted by atomic mass is 9.85. The summed E-state index contributed by atoms with van der Waals surface area (Å²) in [6.07, 6.45) is -2.43. The molecule has 3 rings (SSSR count). The van der Waals surface area contributed by atoms with Crippen LogP contribution in [0.2, 0.25) is 0 Å². The normalized spacial score (nSPS) is 20.6. The van der Waals surface area contributed by atoms with Crippen LogP contribution in [0.25, 0.3) is 0 Å². The summed E-state index contributed by atoms with van der Waals surface area (Å²) in [7, 11) is 0. The number of hydrogen-bond acceptors (Lipinski definition) is 3. The maximum absolute atomic E-state index is 13.0. The van der Waals surface area contributed by atoms with Crippen LogP contribution in [0, 0.1) is 0 Å². The quantitative estimate of drug-likeness (QED) is 0.851. The topological polar surface area (TPSA) is 70.4 Å². The number of alkyl halides is 3. The van der Waals surface area contributed by atoms with E-state index in [0.717, 1.165) is 24.6 Å². The Morgan fingerprint density at radius 2 is 1.84 bits per heavy atom. The van der Waals surface area contributed by atoms with Crippen molar-refractivity contribution in [2.45, 2.75) is 37.3 Å². The van der Waals surface area contributed by atoms with Gasteiger partial charge in [-0.2, -0.15) is 13.2 Å². The zero-order chi connectivity index (χ0) is 18.2. The number of nitrogens with zero attached hydrogens (tertiary/aromatic N) is 1. The highest BCUT2D eigenvalue weighted by molar-refractivity contribution is 5.85. The van der Waals surface area contributed by atoms with Gasteiger partial charge in [-0.3, -0.25) is 0 Å². The molecule has 132 valence electrons. The molecule has 0 bridgehead atoms. The number of halogens is 3. The van der Waals surface area contributed by atoms with Crippen LogP contribution >= 0.6 is 0 Å². The highest BCUT2D eigenvalue weighted by Crippen LogP contribution is 2.48. The zero-order valence-electron chi connectivity index (χ0n) is 13.1. The van der Waals surface area contributed by atoms with Crippen molar-refractivity contribution in [2.24, 2.45) is 0 Å². The maximum atomic E-state index is 13.0. The summed E-state index contributed by atoms with van der Waals surface area (Å²) in [6, 6.07) is 7.53. The molecule has 1 aromatic carbocycles. The molecule has 1 fully saturated rings. The van der Waals surface area contributed by atoms with Gasteiger partial charge in [0.25, 0.3) is 0 Å². The number of aromatic nitrogens is 1. The smallest absolute Gasteiger partial charge is 0.416 e. The van der Waals surface area contributed by atoms with Crippen molar-refractivity contribution in [3.05, 3.63) is 58.9 Å². The van der Waals surface area contributed by atoms with E-state index in [0.29, 0.717) is 18.5 Å². The lowest BCUT2D eigenvalue weighted by molar-refractivity contribution is -0.137. The van der Waals surface area contributed by atoms with Crippen LogP contribution in [0.3, 0.4) is 0 Å². The van der Waals surface area contributed by atoms with E-state index in [1.807, 2.05) is 0 Å². The van der Waals surface area contributed by atoms with Crippen molar-refractivity contribution in [2.75, 3.05) is 0 Å². The Morgan fingerprint density at radius 3 is 2.52 bits per heavy atom. The van der Waals surface area contributed by atoms with Gasteiger partial charge in [0.2, 0.25) is 0 Å². The molecule has 1 aromatic heterocycles. The number of hydrogen-bond donors (Lipinski definition) is 2. The highest BCUT2D eigenvalue weighted by atomic mass is 19.4. The number of carbonyl (C=O) groups is 1. The molecular weight excluding hydrogens is 335 g/mol. The van der Waals surface area contributed by atoms with Gasteiger partial charge in [0.15, 0.2) is 0 Å². The number of carboxylic acid groups (broad SMARTS) is 1. The minimum Gasteiger partial charge on any atom is -0.508 e. The molecular formula is C18H16F3NO3. The summed E-state index contributed by atoms with van der Waals surface area (Å²) in [5.74, 6) is -1.90. The molecule has 2 unspecified atom stereocenters. The number of phenols is 1. The fourth-order valence-corrected chi connectivity index (χ4v) is 3.49. The van der Waals surface area contributed by atoms with E-state index in [1.54, 1.807) is 12.1 Å². The van der Waals surface area contributed by atoms with Gasteiger partial charge in [0.05, 0.1) is 5.56 Å². The molecule has 0 spiro atoms. The van der Waals surface area contributed by atoms with Crippen LogP contribution in [-0.2, 0) is 6.18 Å². The van der Waals surface area contributed by atoms with E-state index in [4.69, 9.17) is 5.11 Å². The monoisotopic (exact) mass is 351 g/mol. The van der Waals surface area contributed by atoms with Crippen molar-refractivity contribution >= 4 is 5.97 Å². The van der Waals surface area contributed by atoms with Gasteiger partial charge in [0.1, 0.15) is 11.4 Å². The Hall–Kier alpha value is -2.57. The van der Waals surface area contributed by atoms with E-state index < -0.39 is 17.7 Å². The first-order chi connectivity index (χ1) is 11.8. The van der Waals surface area contributed by atoms with Crippen molar-refractivity contribution in [3.8, 4) is 5.75 Å². The Morgan fingerprint density at radius 1 is 1.12 bits per heavy atom. The van der Waals surface area contributed by atoms with Gasteiger partial charge in [-0.15, -0.1) is 0 Å². The van der Waals surface area contributed by atoms with E-state index in [9.17, 15) is 23.1 Å². The van der Waals surface area contributed by atoms with Crippen LogP contribution in [0.5, 0.6) is 5.75 Å². The van der Waals surface area contributed by atoms with E-state index in [1.165, 1.54) is 6.07 Å². The van der Waals surface area contributed by atoms with Gasteiger partial charge in [0, 0.05) is 11.6 Å². The lowest BCUT2D eigenvalue weighted by Crippen LogP contribution is -2.11. The summed E-state index contributed by atoms with van der Waals surface area (Å²) in [6.45, 7) is 0. The maximum Gasteiger partial charge on any atom is 0.416 e. The molecule has 1 saturated carbocycles. The molecule has 2 aromatic rings. The third kappa shape index (κ3) is 3.45. The number of pyridine rings is 1. The second-order valence-electron chi connectivity index (χ2n) is 6.17. The van der Waals surface area contributed by atoms with Gasteiger partial charge < -0.3 is 10.2 Å². The van der Waals surface area contributed by atoms with Crippen LogP contribution in [-0.4, -0.2) is 21.2 Å². The summed E-state index contributed by atoms with van der Waals surface area (Å²) in [4.78, 5) is 15.2. The standard InChI is InChI=1S/C18H16F3NO3/c19-18(20,21)10-7-8-16(23)13(9-10)11-3-1-4-12(11)14-5-2-6-15(22-14)17(24)25/h2,5-9,11-12,23H,1,3-4H2,(H,24,25). The highest BCUT2D eigenvalue weighted by Gasteiger charge is 2.36. The molecule has 1 aliphatic rings. The Balaban J connectivity index is 2.00. The number of phenolic OH excluding ortho intramolecular Hbond substituents is 1. The van der Waals surface area contributed by atoms with Crippen molar-refractivity contribution < 1.29 is 28.2 Å². The third-order valence-electron chi connectivity index (χ3n) is 4.64. The molecule has 0 amide bonds. The predicted molar refractivity (Wildman–Crippen MR) is 83.6 cm³/mol. The van der Waals surface area contributed by atoms with Crippen LogP contribution < -0.4 is 0 Å². The minimum absolute atomic E-state index is 0.101. The van der Waals surface area contributed by atoms with E-state index >= 15 is 0 Å². The molecule has 4 nitrogen and oxygen atoms in total. The Kier molecular flexibility index (Phi) is 4.41. The van der Waals surface area contributed by atoms with Crippen LogP contribution in [0.15, 0.2) is 36.4 Å². The molecule has 1 heterocycles. The summed E-state index contributed by atoms with van der Waals surface area (Å²) in [5, 5.41) is 19.2. The summed E-state index contributed by atoms with van der Waals surface area (Å²) >= 11 is 0. The summed E-state index contributed by atoms with van der Waals surface area (Å²) in [5.41, 5.74) is -0.145. The molecule has 1 aliphatic carbocycles. The summed E-state index contributed by atoms with van der Waals surface area (Å²) < 4.78 is 39.0.